The maximum absolute atomic E-state index is 14.7. The number of carbonyl (C=O) groups excluding carboxylic acids is 2. The largest absolute Gasteiger partial charge is 0.438 e. The van der Waals surface area contributed by atoms with Crippen molar-refractivity contribution in [1.82, 2.24) is 44.9 Å². The summed E-state index contributed by atoms with van der Waals surface area (Å²) in [6.45, 7) is 14.7. The number of rotatable bonds is 13. The van der Waals surface area contributed by atoms with E-state index in [1.807, 2.05) is 38.1 Å². The van der Waals surface area contributed by atoms with Crippen molar-refractivity contribution in [2.45, 2.75) is 84.1 Å². The van der Waals surface area contributed by atoms with Crippen molar-refractivity contribution < 1.29 is 28.6 Å². The SMILES string of the molecule is Cc1cc(C)n2nc(C(=O)NC3CCC(NC(=O)c4cc(F)cnc4Oc4cccc(-c5ccc(CN6CCCN(CCO)CC6)cc5CN5CCOC[C@@H]5C)c4)CC3)cc2n1. The standard InChI is InChI=1S/C47H58FN9O5/c1-31-22-32(2)57-44(50-31)26-43(53-57)46(60)52-39-11-9-38(10-12-39)51-45(59)42-25-37(48)27-49-47(42)62-40-7-4-6-35(24-40)41-13-8-34(23-36(41)29-56-19-21-61-30-33(56)3)28-55-15-5-14-54(16-17-55)18-20-58/h4,6-8,13,22-27,33,38-39,58H,5,9-12,14-21,28-30H2,1-3H3,(H,51,59)(H,52,60)/t33-,38?,39?/m0/s1. The lowest BCUT2D eigenvalue weighted by Gasteiger charge is -2.34. The van der Waals surface area contributed by atoms with Crippen LogP contribution in [0.15, 0.2) is 66.9 Å². The highest BCUT2D eigenvalue weighted by Crippen LogP contribution is 2.33. The molecule has 2 aliphatic heterocycles. The molecule has 0 radical (unpaired) electrons. The van der Waals surface area contributed by atoms with E-state index < -0.39 is 11.7 Å². The van der Waals surface area contributed by atoms with Crippen molar-refractivity contribution in [2.75, 3.05) is 59.1 Å². The predicted molar refractivity (Wildman–Crippen MR) is 234 cm³/mol. The highest BCUT2D eigenvalue weighted by molar-refractivity contribution is 5.96. The third-order valence-electron chi connectivity index (χ3n) is 12.3. The molecule has 2 aromatic carbocycles. The lowest BCUT2D eigenvalue weighted by atomic mass is 9.91. The Bertz CT molecular complexity index is 2370. The van der Waals surface area contributed by atoms with Crippen LogP contribution in [-0.2, 0) is 17.8 Å². The molecule has 1 saturated carbocycles. The lowest BCUT2D eigenvalue weighted by Crippen LogP contribution is -2.44. The van der Waals surface area contributed by atoms with E-state index in [0.717, 1.165) is 87.0 Å². The van der Waals surface area contributed by atoms with Crippen LogP contribution in [0.25, 0.3) is 16.8 Å². The maximum atomic E-state index is 14.7. The van der Waals surface area contributed by atoms with Gasteiger partial charge in [0.25, 0.3) is 11.8 Å². The molecule has 3 aliphatic rings. The summed E-state index contributed by atoms with van der Waals surface area (Å²) in [6, 6.07) is 19.3. The zero-order chi connectivity index (χ0) is 43.2. The van der Waals surface area contributed by atoms with Gasteiger partial charge < -0.3 is 25.2 Å². The zero-order valence-electron chi connectivity index (χ0n) is 36.0. The summed E-state index contributed by atoms with van der Waals surface area (Å²) in [5, 5.41) is 20.1. The van der Waals surface area contributed by atoms with Crippen molar-refractivity contribution in [3.63, 3.8) is 0 Å². The molecule has 62 heavy (non-hydrogen) atoms. The van der Waals surface area contributed by atoms with Crippen molar-refractivity contribution >= 4 is 17.5 Å². The molecule has 3 fully saturated rings. The van der Waals surface area contributed by atoms with Gasteiger partial charge in [0.15, 0.2) is 11.3 Å². The summed E-state index contributed by atoms with van der Waals surface area (Å²) in [5.41, 5.74) is 7.21. The molecule has 2 amide bonds. The van der Waals surface area contributed by atoms with E-state index in [-0.39, 0.29) is 42.1 Å². The Hall–Kier alpha value is -5.32. The Morgan fingerprint density at radius 2 is 1.68 bits per heavy atom. The summed E-state index contributed by atoms with van der Waals surface area (Å²) in [6.07, 6.45) is 4.71. The molecular weight excluding hydrogens is 790 g/mol. The number of ether oxygens (including phenoxy) is 2. The number of nitrogens with zero attached hydrogens (tertiary/aromatic N) is 7. The number of amides is 2. The van der Waals surface area contributed by atoms with Crippen LogP contribution >= 0.6 is 0 Å². The van der Waals surface area contributed by atoms with Gasteiger partial charge in [0, 0.05) is 74.8 Å². The topological polar surface area (TPSA) is 150 Å². The summed E-state index contributed by atoms with van der Waals surface area (Å²) in [7, 11) is 0. The van der Waals surface area contributed by atoms with E-state index >= 15 is 0 Å². The van der Waals surface area contributed by atoms with Gasteiger partial charge in [-0.05, 0) is 112 Å². The minimum Gasteiger partial charge on any atom is -0.438 e. The Balaban J connectivity index is 0.932. The second-order valence-corrected chi connectivity index (χ2v) is 17.1. The second-order valence-electron chi connectivity index (χ2n) is 17.1. The number of hydrogen-bond acceptors (Lipinski definition) is 11. The van der Waals surface area contributed by atoms with Gasteiger partial charge in [-0.1, -0.05) is 30.3 Å². The number of aliphatic hydroxyl groups is 1. The predicted octanol–water partition coefficient (Wildman–Crippen LogP) is 5.53. The molecule has 0 unspecified atom stereocenters. The summed E-state index contributed by atoms with van der Waals surface area (Å²) in [5.74, 6) is -0.874. The first-order valence-electron chi connectivity index (χ1n) is 22.0. The van der Waals surface area contributed by atoms with Crippen LogP contribution in [0.2, 0.25) is 0 Å². The van der Waals surface area contributed by atoms with Crippen LogP contribution in [0.3, 0.4) is 0 Å². The molecule has 0 spiro atoms. The summed E-state index contributed by atoms with van der Waals surface area (Å²) in [4.78, 5) is 42.8. The Morgan fingerprint density at radius 1 is 0.903 bits per heavy atom. The minimum atomic E-state index is -0.639. The summed E-state index contributed by atoms with van der Waals surface area (Å²) >= 11 is 0. The van der Waals surface area contributed by atoms with Gasteiger partial charge in [-0.15, -0.1) is 0 Å². The normalized spacial score (nSPS) is 20.5. The molecule has 1 atom stereocenters. The molecule has 1 aliphatic carbocycles. The molecule has 15 heteroatoms. The smallest absolute Gasteiger partial charge is 0.272 e. The van der Waals surface area contributed by atoms with Crippen LogP contribution in [0, 0.1) is 19.7 Å². The van der Waals surface area contributed by atoms with Crippen LogP contribution < -0.4 is 15.4 Å². The van der Waals surface area contributed by atoms with E-state index in [4.69, 9.17) is 9.47 Å². The number of aliphatic hydroxyl groups excluding tert-OH is 1. The van der Waals surface area contributed by atoms with Gasteiger partial charge in [0.2, 0.25) is 5.88 Å². The fourth-order valence-corrected chi connectivity index (χ4v) is 8.99. The first-order chi connectivity index (χ1) is 30.1. The van der Waals surface area contributed by atoms with Gasteiger partial charge in [-0.25, -0.2) is 18.9 Å². The highest BCUT2D eigenvalue weighted by atomic mass is 19.1. The van der Waals surface area contributed by atoms with Gasteiger partial charge in [-0.2, -0.15) is 5.10 Å². The maximum Gasteiger partial charge on any atom is 0.272 e. The summed E-state index contributed by atoms with van der Waals surface area (Å²) < 4.78 is 28.4. The van der Waals surface area contributed by atoms with Crippen LogP contribution in [-0.4, -0.2) is 128 Å². The number of aryl methyl sites for hydroxylation is 2. The fourth-order valence-electron chi connectivity index (χ4n) is 8.99. The second kappa shape index (κ2) is 19.8. The number of pyridine rings is 1. The number of benzene rings is 2. The molecule has 8 rings (SSSR count). The number of halogens is 1. The van der Waals surface area contributed by atoms with E-state index in [2.05, 4.69) is 71.6 Å². The number of carbonyl (C=O) groups is 2. The van der Waals surface area contributed by atoms with Crippen molar-refractivity contribution in [2.24, 2.45) is 0 Å². The first-order valence-corrected chi connectivity index (χ1v) is 22.0. The number of hydrogen-bond donors (Lipinski definition) is 3. The molecule has 328 valence electrons. The Kier molecular flexibility index (Phi) is 13.8. The van der Waals surface area contributed by atoms with E-state index in [0.29, 0.717) is 62.5 Å². The quantitative estimate of drug-likeness (QED) is 0.137. The lowest BCUT2D eigenvalue weighted by molar-refractivity contribution is -0.00431. The van der Waals surface area contributed by atoms with E-state index in [1.165, 1.54) is 11.1 Å². The molecule has 3 N–H and O–H groups in total. The third kappa shape index (κ3) is 10.6. The van der Waals surface area contributed by atoms with Gasteiger partial charge in [0.1, 0.15) is 17.1 Å². The van der Waals surface area contributed by atoms with Crippen molar-refractivity contribution in [3.05, 3.63) is 106 Å². The minimum absolute atomic E-state index is 0.0103. The third-order valence-corrected chi connectivity index (χ3v) is 12.3. The number of aromatic nitrogens is 4. The van der Waals surface area contributed by atoms with Crippen LogP contribution in [0.1, 0.15) is 82.4 Å². The molecule has 5 aromatic rings. The molecule has 3 aromatic heterocycles. The number of β-amino-alcohol motifs (C(OH)–C–C–N with tert-alkyl or cyclic N) is 1. The molecule has 0 bridgehead atoms. The highest BCUT2D eigenvalue weighted by Gasteiger charge is 2.27. The van der Waals surface area contributed by atoms with Crippen molar-refractivity contribution in [3.8, 4) is 22.8 Å². The van der Waals surface area contributed by atoms with E-state index in [1.54, 1.807) is 10.6 Å². The van der Waals surface area contributed by atoms with Crippen LogP contribution in [0.4, 0.5) is 4.39 Å². The molecule has 14 nitrogen and oxygen atoms in total. The average molecular weight is 848 g/mol. The van der Waals surface area contributed by atoms with E-state index in [9.17, 15) is 19.1 Å². The average Bonchev–Trinajstić information content (AvgIpc) is 3.58. The number of morpholine rings is 1. The molecular formula is C47H58FN9O5. The molecule has 5 heterocycles. The number of nitrogens with one attached hydrogen (secondary N) is 2. The van der Waals surface area contributed by atoms with Gasteiger partial charge in [-0.3, -0.25) is 24.3 Å². The number of fused-ring (bicyclic) bond motifs is 1. The Labute approximate surface area is 362 Å². The monoisotopic (exact) mass is 847 g/mol. The Morgan fingerprint density at radius 3 is 2.47 bits per heavy atom. The van der Waals surface area contributed by atoms with Crippen molar-refractivity contribution in [1.29, 1.82) is 0 Å². The van der Waals surface area contributed by atoms with Gasteiger partial charge in [0.05, 0.1) is 26.0 Å². The molecule has 2 saturated heterocycles. The van der Waals surface area contributed by atoms with Gasteiger partial charge >= 0.3 is 0 Å². The van der Waals surface area contributed by atoms with Crippen LogP contribution in [0.5, 0.6) is 11.6 Å². The fraction of sp³-hybridized carbons (Fsp3) is 0.468. The first kappa shape index (κ1) is 43.3. The zero-order valence-corrected chi connectivity index (χ0v) is 36.0.